The average Bonchev–Trinajstić information content (AvgIpc) is 2.58. The number of benzene rings is 2. The van der Waals surface area contributed by atoms with Crippen LogP contribution in [-0.2, 0) is 11.7 Å². The summed E-state index contributed by atoms with van der Waals surface area (Å²) in [6.07, 6.45) is 0.993. The summed E-state index contributed by atoms with van der Waals surface area (Å²) >= 11 is 0. The second-order valence-electron chi connectivity index (χ2n) is 7.93. The van der Waals surface area contributed by atoms with Gasteiger partial charge in [0.15, 0.2) is 0 Å². The summed E-state index contributed by atoms with van der Waals surface area (Å²) in [7, 11) is 0.616. The Kier molecular flexibility index (Phi) is 6.88. The summed E-state index contributed by atoms with van der Waals surface area (Å²) < 4.78 is 0. The number of hydrogen-bond donors (Lipinski definition) is 2. The molecule has 0 radical (unpaired) electrons. The van der Waals surface area contributed by atoms with Crippen LogP contribution in [0.2, 0.25) is 0 Å². The summed E-state index contributed by atoms with van der Waals surface area (Å²) in [5.74, 6) is 0.461. The number of hydrogen-bond acceptors (Lipinski definition) is 2. The Morgan fingerprint density at radius 1 is 1.12 bits per heavy atom. The second kappa shape index (κ2) is 8.55. The van der Waals surface area contributed by atoms with E-state index in [9.17, 15) is 5.11 Å². The van der Waals surface area contributed by atoms with Gasteiger partial charge in [-0.15, -0.1) is 0 Å². The van der Waals surface area contributed by atoms with Gasteiger partial charge in [-0.25, -0.2) is 0 Å². The number of nitrogens with one attached hydrogen (secondary N) is 1. The van der Waals surface area contributed by atoms with Crippen molar-refractivity contribution in [3.63, 3.8) is 0 Å². The van der Waals surface area contributed by atoms with Gasteiger partial charge >= 0.3 is 0 Å². The molecule has 2 unspecified atom stereocenters. The lowest BCUT2D eigenvalue weighted by atomic mass is 9.93. The van der Waals surface area contributed by atoms with Crippen LogP contribution in [0.25, 0.3) is 0 Å². The zero-order valence-corrected chi connectivity index (χ0v) is 18.3. The minimum absolute atomic E-state index is 0.0699. The van der Waals surface area contributed by atoms with Crippen molar-refractivity contribution in [2.45, 2.75) is 72.6 Å². The molecule has 0 heterocycles. The Labute approximate surface area is 161 Å². The number of aromatic hydroxyl groups is 1. The fraction of sp³-hybridized carbons (Fsp3) is 0.478. The third-order valence-corrected chi connectivity index (χ3v) is 7.35. The topological polar surface area (TPSA) is 32.3 Å². The zero-order valence-electron chi connectivity index (χ0n) is 17.3. The van der Waals surface area contributed by atoms with Crippen LogP contribution in [0.4, 0.5) is 0 Å². The minimum atomic E-state index is -0.0699. The maximum atomic E-state index is 10.8. The van der Waals surface area contributed by atoms with E-state index in [1.165, 1.54) is 22.0 Å². The van der Waals surface area contributed by atoms with Gasteiger partial charge in [0.1, 0.15) is 5.75 Å². The molecule has 26 heavy (non-hydrogen) atoms. The molecule has 142 valence electrons. The lowest BCUT2D eigenvalue weighted by Crippen LogP contribution is -2.27. The number of rotatable bonds is 7. The molecule has 0 aliphatic heterocycles. The highest BCUT2D eigenvalue weighted by Gasteiger charge is 2.30. The van der Waals surface area contributed by atoms with Gasteiger partial charge in [-0.3, -0.25) is 0 Å². The number of phenolic OH excluding ortho intramolecular Hbond substituents is 1. The molecule has 2 aromatic carbocycles. The van der Waals surface area contributed by atoms with Gasteiger partial charge < -0.3 is 10.4 Å². The Hall–Kier alpha value is -1.37. The summed E-state index contributed by atoms with van der Waals surface area (Å²) in [5.41, 5.74) is 5.99. The van der Waals surface area contributed by atoms with E-state index in [1.54, 1.807) is 0 Å². The van der Waals surface area contributed by atoms with E-state index in [1.807, 2.05) is 6.92 Å². The van der Waals surface area contributed by atoms with Crippen LogP contribution in [0, 0.1) is 20.8 Å². The molecule has 2 aromatic rings. The number of aryl methyl sites for hydroxylation is 3. The first-order chi connectivity index (χ1) is 12.2. The smallest absolute Gasteiger partial charge is 0.122 e. The summed E-state index contributed by atoms with van der Waals surface area (Å²) in [4.78, 5) is 0. The predicted molar refractivity (Wildman–Crippen MR) is 116 cm³/mol. The highest BCUT2D eigenvalue weighted by molar-refractivity contribution is 7.48. The monoisotopic (exact) mass is 371 g/mol. The molecule has 0 aromatic heterocycles. The van der Waals surface area contributed by atoms with Crippen molar-refractivity contribution >= 4 is 13.9 Å². The van der Waals surface area contributed by atoms with Crippen LogP contribution in [0.5, 0.6) is 5.75 Å². The van der Waals surface area contributed by atoms with Crippen molar-refractivity contribution in [2.24, 2.45) is 0 Å². The minimum Gasteiger partial charge on any atom is -0.507 e. The molecule has 0 fully saturated rings. The first kappa shape index (κ1) is 20.9. The van der Waals surface area contributed by atoms with Crippen molar-refractivity contribution in [3.8, 4) is 5.75 Å². The molecule has 0 aliphatic carbocycles. The standard InChI is InChI=1S/C23H34NOP/c1-8-23(7,20-13-16(4)12-18(6)21(20)25)26-22-17(5)10-9-11-19(22)14-24-15(2)3/h9-13,15,24-26H,8,14H2,1-7H3. The van der Waals surface area contributed by atoms with Crippen LogP contribution in [0.1, 0.15) is 61.9 Å². The molecule has 3 heteroatoms. The highest BCUT2D eigenvalue weighted by atomic mass is 31.1. The van der Waals surface area contributed by atoms with Gasteiger partial charge in [-0.2, -0.15) is 0 Å². The van der Waals surface area contributed by atoms with E-state index in [-0.39, 0.29) is 5.16 Å². The van der Waals surface area contributed by atoms with Gasteiger partial charge in [0.2, 0.25) is 0 Å². The van der Waals surface area contributed by atoms with Crippen molar-refractivity contribution in [2.75, 3.05) is 0 Å². The molecular weight excluding hydrogens is 337 g/mol. The van der Waals surface area contributed by atoms with Crippen LogP contribution in [-0.4, -0.2) is 11.1 Å². The molecule has 0 spiro atoms. The molecule has 0 aliphatic rings. The molecule has 0 bridgehead atoms. The predicted octanol–water partition coefficient (Wildman–Crippen LogP) is 5.44. The van der Waals surface area contributed by atoms with E-state index in [2.05, 4.69) is 77.2 Å². The second-order valence-corrected chi connectivity index (χ2v) is 9.79. The molecule has 2 atom stereocenters. The maximum Gasteiger partial charge on any atom is 0.122 e. The molecule has 2 nitrogen and oxygen atoms in total. The zero-order chi connectivity index (χ0) is 19.5. The summed E-state index contributed by atoms with van der Waals surface area (Å²) in [6.45, 7) is 16.1. The van der Waals surface area contributed by atoms with E-state index in [0.29, 0.717) is 20.4 Å². The summed E-state index contributed by atoms with van der Waals surface area (Å²) in [6, 6.07) is 11.3. The largest absolute Gasteiger partial charge is 0.507 e. The first-order valence-corrected chi connectivity index (χ1v) is 10.6. The highest BCUT2D eigenvalue weighted by Crippen LogP contribution is 2.48. The summed E-state index contributed by atoms with van der Waals surface area (Å²) in [5, 5.41) is 15.7. The number of phenols is 1. The third-order valence-electron chi connectivity index (χ3n) is 5.21. The molecule has 2 rings (SSSR count). The Morgan fingerprint density at radius 3 is 2.42 bits per heavy atom. The van der Waals surface area contributed by atoms with Crippen molar-refractivity contribution in [3.05, 3.63) is 58.1 Å². The Bertz CT molecular complexity index is 769. The fourth-order valence-electron chi connectivity index (χ4n) is 3.37. The van der Waals surface area contributed by atoms with Crippen LogP contribution in [0.3, 0.4) is 0 Å². The molecule has 0 amide bonds. The molecule has 2 N–H and O–H groups in total. The van der Waals surface area contributed by atoms with Gasteiger partial charge in [0, 0.05) is 23.3 Å². The normalized spacial score (nSPS) is 14.3. The van der Waals surface area contributed by atoms with Crippen molar-refractivity contribution < 1.29 is 5.11 Å². The van der Waals surface area contributed by atoms with Gasteiger partial charge in [-0.1, -0.05) is 72.2 Å². The molecular formula is C23H34NOP. The molecule has 0 saturated carbocycles. The Balaban J connectivity index is 2.47. The first-order valence-electron chi connectivity index (χ1n) is 9.58. The average molecular weight is 372 g/mol. The quantitative estimate of drug-likeness (QED) is 0.635. The Morgan fingerprint density at radius 2 is 1.81 bits per heavy atom. The molecule has 0 saturated heterocycles. The third kappa shape index (κ3) is 4.67. The van der Waals surface area contributed by atoms with Crippen LogP contribution < -0.4 is 10.6 Å². The van der Waals surface area contributed by atoms with E-state index in [4.69, 9.17) is 0 Å². The van der Waals surface area contributed by atoms with Crippen LogP contribution >= 0.6 is 8.58 Å². The van der Waals surface area contributed by atoms with Gasteiger partial charge in [0.05, 0.1) is 0 Å². The van der Waals surface area contributed by atoms with E-state index in [0.717, 1.165) is 24.1 Å². The lowest BCUT2D eigenvalue weighted by molar-refractivity contribution is 0.452. The van der Waals surface area contributed by atoms with Crippen LogP contribution in [0.15, 0.2) is 30.3 Å². The van der Waals surface area contributed by atoms with E-state index >= 15 is 0 Å². The van der Waals surface area contributed by atoms with Crippen molar-refractivity contribution in [1.82, 2.24) is 5.32 Å². The van der Waals surface area contributed by atoms with Crippen molar-refractivity contribution in [1.29, 1.82) is 0 Å². The maximum absolute atomic E-state index is 10.8. The van der Waals surface area contributed by atoms with Gasteiger partial charge in [0.25, 0.3) is 0 Å². The fourth-order valence-corrected chi connectivity index (χ4v) is 5.04. The van der Waals surface area contributed by atoms with E-state index < -0.39 is 0 Å². The lowest BCUT2D eigenvalue weighted by Gasteiger charge is -2.32. The van der Waals surface area contributed by atoms with Gasteiger partial charge in [-0.05, 0) is 49.2 Å². The SMILES string of the molecule is CCC(C)(Pc1c(C)cccc1CNC(C)C)c1cc(C)cc(C)c1O.